The molecule has 0 saturated carbocycles. The molecule has 7 heterocycles. The molecule has 0 atom stereocenters. The van der Waals surface area contributed by atoms with E-state index in [0.717, 1.165) is 83.9 Å². The SMILES string of the molecule is c1ccc(-c2ccc3c(c2)c2cc4c(cc2n3-c2ccc(-c3cccnc3)cn2)N(c2ccc(-c3cccnc3)cn2)c2cccc3cccc-4c23)nc1. The number of hydrogen-bond donors (Lipinski definition) is 0. The van der Waals surface area contributed by atoms with Crippen LogP contribution in [-0.2, 0) is 0 Å². The minimum atomic E-state index is 0.831. The Balaban J connectivity index is 1.18. The van der Waals surface area contributed by atoms with Crippen LogP contribution in [0.15, 0.2) is 177 Å². The first-order valence-corrected chi connectivity index (χ1v) is 17.9. The van der Waals surface area contributed by atoms with Gasteiger partial charge in [0.15, 0.2) is 0 Å². The number of pyridine rings is 5. The summed E-state index contributed by atoms with van der Waals surface area (Å²) in [6.07, 6.45) is 13.0. The van der Waals surface area contributed by atoms with Crippen LogP contribution in [0.25, 0.3) is 83.0 Å². The number of aromatic nitrogens is 6. The van der Waals surface area contributed by atoms with E-state index in [9.17, 15) is 0 Å². The van der Waals surface area contributed by atoms with Gasteiger partial charge in [-0.25, -0.2) is 9.97 Å². The maximum Gasteiger partial charge on any atom is 0.137 e. The van der Waals surface area contributed by atoms with Crippen molar-refractivity contribution in [1.29, 1.82) is 0 Å². The number of fused-ring (bicyclic) bond motifs is 5. The highest BCUT2D eigenvalue weighted by Gasteiger charge is 2.29. The molecular formula is C47H29N7. The second-order valence-electron chi connectivity index (χ2n) is 13.5. The van der Waals surface area contributed by atoms with Gasteiger partial charge < -0.3 is 0 Å². The van der Waals surface area contributed by atoms with Crippen molar-refractivity contribution in [3.63, 3.8) is 0 Å². The summed E-state index contributed by atoms with van der Waals surface area (Å²) in [6, 6.07) is 46.9. The number of anilines is 3. The molecule has 7 heteroatoms. The number of nitrogens with zero attached hydrogens (tertiary/aromatic N) is 7. The molecule has 11 rings (SSSR count). The lowest BCUT2D eigenvalue weighted by Crippen LogP contribution is -2.16. The van der Waals surface area contributed by atoms with Gasteiger partial charge in [0.2, 0.25) is 0 Å². The van der Waals surface area contributed by atoms with Crippen molar-refractivity contribution in [3.8, 4) is 50.5 Å². The molecule has 0 radical (unpaired) electrons. The molecule has 1 aliphatic rings. The van der Waals surface area contributed by atoms with E-state index in [0.29, 0.717) is 0 Å². The Morgan fingerprint density at radius 2 is 1.11 bits per heavy atom. The van der Waals surface area contributed by atoms with Crippen LogP contribution in [0.1, 0.15) is 0 Å². The molecule has 10 aromatic rings. The van der Waals surface area contributed by atoms with E-state index in [1.54, 1.807) is 12.4 Å². The molecule has 6 aromatic heterocycles. The molecule has 0 fully saturated rings. The lowest BCUT2D eigenvalue weighted by Gasteiger charge is -2.33. The summed E-state index contributed by atoms with van der Waals surface area (Å²) in [6.45, 7) is 0. The molecule has 54 heavy (non-hydrogen) atoms. The molecular weight excluding hydrogens is 663 g/mol. The van der Waals surface area contributed by atoms with E-state index >= 15 is 0 Å². The summed E-state index contributed by atoms with van der Waals surface area (Å²) in [5.41, 5.74) is 12.7. The Kier molecular flexibility index (Phi) is 6.72. The highest BCUT2D eigenvalue weighted by molar-refractivity contribution is 6.19. The zero-order valence-electron chi connectivity index (χ0n) is 28.9. The molecule has 0 unspecified atom stereocenters. The molecule has 0 amide bonds. The second kappa shape index (κ2) is 12.0. The van der Waals surface area contributed by atoms with Gasteiger partial charge >= 0.3 is 0 Å². The van der Waals surface area contributed by atoms with Gasteiger partial charge in [0.1, 0.15) is 11.6 Å². The van der Waals surface area contributed by atoms with Crippen LogP contribution in [0.5, 0.6) is 0 Å². The van der Waals surface area contributed by atoms with E-state index in [-0.39, 0.29) is 0 Å². The topological polar surface area (TPSA) is 72.6 Å². The van der Waals surface area contributed by atoms with Gasteiger partial charge in [0.25, 0.3) is 0 Å². The summed E-state index contributed by atoms with van der Waals surface area (Å²) in [5.74, 6) is 1.67. The van der Waals surface area contributed by atoms with Gasteiger partial charge in [-0.05, 0) is 89.8 Å². The lowest BCUT2D eigenvalue weighted by atomic mass is 9.90. The molecule has 7 nitrogen and oxygen atoms in total. The van der Waals surface area contributed by atoms with Crippen molar-refractivity contribution < 1.29 is 0 Å². The van der Waals surface area contributed by atoms with E-state index in [1.165, 1.54) is 16.3 Å². The van der Waals surface area contributed by atoms with E-state index in [2.05, 4.69) is 134 Å². The first-order valence-electron chi connectivity index (χ1n) is 17.9. The highest BCUT2D eigenvalue weighted by Crippen LogP contribution is 2.52. The quantitative estimate of drug-likeness (QED) is 0.179. The number of rotatable bonds is 5. The molecule has 4 aromatic carbocycles. The smallest absolute Gasteiger partial charge is 0.137 e. The second-order valence-corrected chi connectivity index (χ2v) is 13.5. The largest absolute Gasteiger partial charge is 0.294 e. The fourth-order valence-electron chi connectivity index (χ4n) is 7.95. The van der Waals surface area contributed by atoms with Crippen molar-refractivity contribution in [1.82, 2.24) is 29.5 Å². The van der Waals surface area contributed by atoms with Gasteiger partial charge in [0.05, 0.1) is 28.1 Å². The fraction of sp³-hybridized carbons (Fsp3) is 0. The average Bonchev–Trinajstić information content (AvgIpc) is 3.57. The summed E-state index contributed by atoms with van der Waals surface area (Å²) in [7, 11) is 0. The Labute approximate surface area is 310 Å². The van der Waals surface area contributed by atoms with Crippen molar-refractivity contribution in [2.24, 2.45) is 0 Å². The Morgan fingerprint density at radius 1 is 0.407 bits per heavy atom. The van der Waals surface area contributed by atoms with Crippen molar-refractivity contribution in [2.75, 3.05) is 4.90 Å². The van der Waals surface area contributed by atoms with Crippen molar-refractivity contribution in [2.45, 2.75) is 0 Å². The average molecular weight is 692 g/mol. The zero-order chi connectivity index (χ0) is 35.6. The van der Waals surface area contributed by atoms with Gasteiger partial charge in [0, 0.05) is 92.9 Å². The Hall–Kier alpha value is -7.51. The van der Waals surface area contributed by atoms with Gasteiger partial charge in [-0.3, -0.25) is 24.4 Å². The molecule has 0 saturated heterocycles. The van der Waals surface area contributed by atoms with Crippen molar-refractivity contribution >= 4 is 49.8 Å². The molecule has 0 aliphatic carbocycles. The van der Waals surface area contributed by atoms with Gasteiger partial charge in [-0.1, -0.05) is 54.6 Å². The minimum absolute atomic E-state index is 0.831. The van der Waals surface area contributed by atoms with Gasteiger partial charge in [-0.15, -0.1) is 0 Å². The standard InChI is InChI=1S/C47H29N7/c1-2-22-50-40(12-1)31-14-17-41-37(23-31)39-24-38-36-11-3-7-30-8-4-13-42(47(30)36)54(46-19-16-35(29-52-46)33-10-6-21-49-27-33)43(38)25-44(39)53(41)45-18-15-34(28-51-45)32-9-5-20-48-26-32/h1-29H. The predicted octanol–water partition coefficient (Wildman–Crippen LogP) is 11.4. The number of benzene rings is 4. The van der Waals surface area contributed by atoms with Crippen LogP contribution in [0, 0.1) is 0 Å². The third-order valence-electron chi connectivity index (χ3n) is 10.4. The van der Waals surface area contributed by atoms with Crippen molar-refractivity contribution in [3.05, 3.63) is 177 Å². The third kappa shape index (κ3) is 4.72. The normalized spacial score (nSPS) is 12.0. The Morgan fingerprint density at radius 3 is 1.80 bits per heavy atom. The summed E-state index contributed by atoms with van der Waals surface area (Å²) < 4.78 is 2.28. The molecule has 0 bridgehead atoms. The number of hydrogen-bond acceptors (Lipinski definition) is 6. The highest BCUT2D eigenvalue weighted by atomic mass is 15.2. The van der Waals surface area contributed by atoms with Crippen LogP contribution in [-0.4, -0.2) is 29.5 Å². The predicted molar refractivity (Wildman–Crippen MR) is 217 cm³/mol. The maximum absolute atomic E-state index is 5.09. The van der Waals surface area contributed by atoms with Crippen LogP contribution in [0.4, 0.5) is 17.2 Å². The van der Waals surface area contributed by atoms with Crippen LogP contribution in [0.2, 0.25) is 0 Å². The zero-order valence-corrected chi connectivity index (χ0v) is 28.9. The summed E-state index contributed by atoms with van der Waals surface area (Å²) in [5, 5.41) is 4.66. The van der Waals surface area contributed by atoms with Crippen LogP contribution >= 0.6 is 0 Å². The molecule has 1 aliphatic heterocycles. The molecule has 0 spiro atoms. The van der Waals surface area contributed by atoms with E-state index < -0.39 is 0 Å². The maximum atomic E-state index is 5.09. The first-order chi connectivity index (χ1) is 26.8. The Bertz CT molecular complexity index is 3010. The van der Waals surface area contributed by atoms with Crippen LogP contribution in [0.3, 0.4) is 0 Å². The fourth-order valence-corrected chi connectivity index (χ4v) is 7.95. The summed E-state index contributed by atoms with van der Waals surface area (Å²) in [4.78, 5) is 25.8. The van der Waals surface area contributed by atoms with Crippen LogP contribution < -0.4 is 4.90 Å². The molecule has 0 N–H and O–H groups in total. The third-order valence-corrected chi connectivity index (χ3v) is 10.4. The minimum Gasteiger partial charge on any atom is -0.294 e. The lowest BCUT2D eigenvalue weighted by molar-refractivity contribution is 1.08. The monoisotopic (exact) mass is 691 g/mol. The van der Waals surface area contributed by atoms with Gasteiger partial charge in [-0.2, -0.15) is 0 Å². The molecule has 252 valence electrons. The first kappa shape index (κ1) is 30.1. The van der Waals surface area contributed by atoms with E-state index in [1.807, 2.05) is 55.2 Å². The van der Waals surface area contributed by atoms with E-state index in [4.69, 9.17) is 9.97 Å². The summed E-state index contributed by atoms with van der Waals surface area (Å²) >= 11 is 0.